The number of rotatable bonds is 3. The molecule has 0 spiro atoms. The van der Waals surface area contributed by atoms with Gasteiger partial charge < -0.3 is 10.1 Å². The Bertz CT molecular complexity index is 1090. The van der Waals surface area contributed by atoms with Crippen molar-refractivity contribution in [1.29, 1.82) is 0 Å². The third kappa shape index (κ3) is 3.66. The van der Waals surface area contributed by atoms with Crippen molar-refractivity contribution in [3.8, 4) is 0 Å². The summed E-state index contributed by atoms with van der Waals surface area (Å²) < 4.78 is 5.04. The molecule has 2 atom stereocenters. The van der Waals surface area contributed by atoms with E-state index in [0.29, 0.717) is 39.7 Å². The number of ether oxygens (including phenoxy) is 1. The molecule has 0 radical (unpaired) electrons. The van der Waals surface area contributed by atoms with E-state index in [9.17, 15) is 9.59 Å². The van der Waals surface area contributed by atoms with Crippen LogP contribution in [0.1, 0.15) is 42.7 Å². The first-order chi connectivity index (χ1) is 14.4. The van der Waals surface area contributed by atoms with E-state index in [2.05, 4.69) is 5.32 Å². The van der Waals surface area contributed by atoms with Crippen LogP contribution in [-0.2, 0) is 14.3 Å². The fourth-order valence-electron chi connectivity index (χ4n) is 4.43. The van der Waals surface area contributed by atoms with Crippen molar-refractivity contribution in [2.75, 3.05) is 7.11 Å². The minimum atomic E-state index is -0.495. The number of ketones is 1. The Morgan fingerprint density at radius 3 is 2.43 bits per heavy atom. The summed E-state index contributed by atoms with van der Waals surface area (Å²) in [5.41, 5.74) is 4.38. The second-order valence-corrected chi connectivity index (χ2v) is 8.43. The summed E-state index contributed by atoms with van der Waals surface area (Å²) in [5, 5.41) is 4.57. The van der Waals surface area contributed by atoms with Crippen LogP contribution in [0.25, 0.3) is 0 Å². The normalized spacial score (nSPS) is 21.3. The zero-order valence-corrected chi connectivity index (χ0v) is 18.2. The summed E-state index contributed by atoms with van der Waals surface area (Å²) >= 11 is 12.5. The van der Waals surface area contributed by atoms with Gasteiger partial charge in [-0.15, -0.1) is 0 Å². The molecule has 1 heterocycles. The minimum Gasteiger partial charge on any atom is -0.466 e. The Balaban J connectivity index is 1.82. The highest BCUT2D eigenvalue weighted by atomic mass is 35.5. The second kappa shape index (κ2) is 8.29. The highest BCUT2D eigenvalue weighted by Crippen LogP contribution is 2.46. The van der Waals surface area contributed by atoms with Gasteiger partial charge in [-0.25, -0.2) is 4.79 Å². The zero-order valence-electron chi connectivity index (χ0n) is 16.7. The Morgan fingerprint density at radius 1 is 1.07 bits per heavy atom. The Labute approximate surface area is 185 Å². The van der Waals surface area contributed by atoms with E-state index in [1.807, 2.05) is 43.3 Å². The van der Waals surface area contributed by atoms with E-state index in [1.54, 1.807) is 12.1 Å². The molecule has 1 N–H and O–H groups in total. The van der Waals surface area contributed by atoms with Crippen molar-refractivity contribution in [2.45, 2.75) is 31.6 Å². The Morgan fingerprint density at radius 2 is 1.77 bits per heavy atom. The summed E-state index contributed by atoms with van der Waals surface area (Å²) in [6, 6.07) is 14.9. The number of carbonyl (C=O) groups excluding carboxylic acids is 2. The highest BCUT2D eigenvalue weighted by Gasteiger charge is 2.41. The molecule has 4 nitrogen and oxygen atoms in total. The fourth-order valence-corrected chi connectivity index (χ4v) is 4.85. The van der Waals surface area contributed by atoms with Crippen LogP contribution in [-0.4, -0.2) is 18.9 Å². The van der Waals surface area contributed by atoms with Gasteiger partial charge in [-0.05, 0) is 48.6 Å². The maximum absolute atomic E-state index is 13.4. The molecule has 6 heteroatoms. The van der Waals surface area contributed by atoms with Crippen molar-refractivity contribution >= 4 is 35.0 Å². The van der Waals surface area contributed by atoms with Crippen LogP contribution >= 0.6 is 23.2 Å². The molecule has 30 heavy (non-hydrogen) atoms. The standard InChI is InChI=1S/C24H21Cl2NO3/c1-13-21(24(29)30-2)22(14-7-9-16(25)10-8-14)23-19(27-13)11-15(12-20(23)28)17-5-3-4-6-18(17)26/h3-10,15,22,27H,11-12H2,1-2H3/t15-,22+/m0/s1. The predicted octanol–water partition coefficient (Wildman–Crippen LogP) is 5.53. The third-order valence-electron chi connectivity index (χ3n) is 5.78. The molecule has 0 amide bonds. The molecule has 2 aromatic rings. The molecule has 0 bridgehead atoms. The molecule has 0 saturated heterocycles. The average molecular weight is 442 g/mol. The van der Waals surface area contributed by atoms with E-state index in [1.165, 1.54) is 7.11 Å². The molecular weight excluding hydrogens is 421 g/mol. The molecule has 0 fully saturated rings. The van der Waals surface area contributed by atoms with Crippen LogP contribution in [0.4, 0.5) is 0 Å². The van der Waals surface area contributed by atoms with Gasteiger partial charge in [0.1, 0.15) is 0 Å². The summed E-state index contributed by atoms with van der Waals surface area (Å²) in [5.74, 6) is -0.962. The van der Waals surface area contributed by atoms with Crippen LogP contribution in [0.2, 0.25) is 10.0 Å². The van der Waals surface area contributed by atoms with Gasteiger partial charge in [-0.1, -0.05) is 53.5 Å². The number of esters is 1. The van der Waals surface area contributed by atoms with Crippen molar-refractivity contribution in [1.82, 2.24) is 5.32 Å². The maximum atomic E-state index is 13.4. The maximum Gasteiger partial charge on any atom is 0.336 e. The molecular formula is C24H21Cl2NO3. The lowest BCUT2D eigenvalue weighted by Crippen LogP contribution is -2.36. The van der Waals surface area contributed by atoms with Crippen molar-refractivity contribution < 1.29 is 14.3 Å². The van der Waals surface area contributed by atoms with E-state index in [4.69, 9.17) is 27.9 Å². The molecule has 0 unspecified atom stereocenters. The van der Waals surface area contributed by atoms with Crippen molar-refractivity contribution in [2.24, 2.45) is 0 Å². The molecule has 0 aromatic heterocycles. The minimum absolute atomic E-state index is 0.00234. The average Bonchev–Trinajstić information content (AvgIpc) is 2.73. The Hall–Kier alpha value is -2.56. The first-order valence-corrected chi connectivity index (χ1v) is 10.5. The summed E-state index contributed by atoms with van der Waals surface area (Å²) in [6.07, 6.45) is 0.975. The quantitative estimate of drug-likeness (QED) is 0.636. The van der Waals surface area contributed by atoms with E-state index in [-0.39, 0.29) is 11.7 Å². The van der Waals surface area contributed by atoms with Gasteiger partial charge in [0.05, 0.1) is 12.7 Å². The van der Waals surface area contributed by atoms with Gasteiger partial charge >= 0.3 is 5.97 Å². The van der Waals surface area contributed by atoms with Crippen LogP contribution < -0.4 is 5.32 Å². The van der Waals surface area contributed by atoms with E-state index < -0.39 is 11.9 Å². The largest absolute Gasteiger partial charge is 0.466 e. The number of nitrogens with one attached hydrogen (secondary N) is 1. The van der Waals surface area contributed by atoms with Crippen LogP contribution in [0.5, 0.6) is 0 Å². The number of hydrogen-bond donors (Lipinski definition) is 1. The lowest BCUT2D eigenvalue weighted by Gasteiger charge is -2.36. The number of methoxy groups -OCH3 is 1. The van der Waals surface area contributed by atoms with E-state index in [0.717, 1.165) is 16.8 Å². The molecule has 4 rings (SSSR count). The van der Waals surface area contributed by atoms with Gasteiger partial charge in [0.15, 0.2) is 5.78 Å². The molecule has 0 saturated carbocycles. The summed E-state index contributed by atoms with van der Waals surface area (Å²) in [7, 11) is 1.35. The third-order valence-corrected chi connectivity index (χ3v) is 6.38. The topological polar surface area (TPSA) is 55.4 Å². The first kappa shape index (κ1) is 20.7. The highest BCUT2D eigenvalue weighted by molar-refractivity contribution is 6.31. The molecule has 1 aliphatic heterocycles. The number of dihydropyridines is 1. The lowest BCUT2D eigenvalue weighted by molar-refractivity contribution is -0.136. The number of Topliss-reactive ketones (excluding diaryl/α,β-unsaturated/α-hetero) is 1. The van der Waals surface area contributed by atoms with Gasteiger partial charge in [0, 0.05) is 39.4 Å². The number of halogens is 2. The number of hydrogen-bond acceptors (Lipinski definition) is 4. The van der Waals surface area contributed by atoms with Gasteiger partial charge in [0.25, 0.3) is 0 Å². The smallest absolute Gasteiger partial charge is 0.336 e. The monoisotopic (exact) mass is 441 g/mol. The fraction of sp³-hybridized carbons (Fsp3) is 0.250. The molecule has 1 aliphatic carbocycles. The van der Waals surface area contributed by atoms with Crippen molar-refractivity contribution in [3.63, 3.8) is 0 Å². The lowest BCUT2D eigenvalue weighted by atomic mass is 9.72. The molecule has 2 aromatic carbocycles. The van der Waals surface area contributed by atoms with Gasteiger partial charge in [-0.3, -0.25) is 4.79 Å². The second-order valence-electron chi connectivity index (χ2n) is 7.58. The number of allylic oxidation sites excluding steroid dienone is 3. The van der Waals surface area contributed by atoms with Crippen LogP contribution in [0, 0.1) is 0 Å². The van der Waals surface area contributed by atoms with Gasteiger partial charge in [-0.2, -0.15) is 0 Å². The van der Waals surface area contributed by atoms with Crippen LogP contribution in [0.3, 0.4) is 0 Å². The van der Waals surface area contributed by atoms with Crippen LogP contribution in [0.15, 0.2) is 71.1 Å². The zero-order chi connectivity index (χ0) is 21.4. The first-order valence-electron chi connectivity index (χ1n) is 9.73. The predicted molar refractivity (Wildman–Crippen MR) is 118 cm³/mol. The van der Waals surface area contributed by atoms with Crippen molar-refractivity contribution in [3.05, 3.63) is 92.2 Å². The molecule has 154 valence electrons. The molecule has 2 aliphatic rings. The van der Waals surface area contributed by atoms with E-state index >= 15 is 0 Å². The van der Waals surface area contributed by atoms with Gasteiger partial charge in [0.2, 0.25) is 0 Å². The number of benzene rings is 2. The Kier molecular flexibility index (Phi) is 5.72. The summed E-state index contributed by atoms with van der Waals surface area (Å²) in [6.45, 7) is 1.84. The summed E-state index contributed by atoms with van der Waals surface area (Å²) in [4.78, 5) is 26.0. The number of carbonyl (C=O) groups is 2. The SMILES string of the molecule is COC(=O)C1=C(C)NC2=C(C(=O)C[C@@H](c3ccccc3Cl)C2)[C@@H]1c1ccc(Cl)cc1.